The van der Waals surface area contributed by atoms with Gasteiger partial charge in [-0.3, -0.25) is 5.10 Å². The molecule has 0 radical (unpaired) electrons. The van der Waals surface area contributed by atoms with E-state index >= 15 is 0 Å². The monoisotopic (exact) mass is 157 g/mol. The highest BCUT2D eigenvalue weighted by molar-refractivity contribution is 5.37. The summed E-state index contributed by atoms with van der Waals surface area (Å²) in [6.45, 7) is 0. The zero-order chi connectivity index (χ0) is 8.27. The minimum atomic E-state index is -0.436. The molecule has 0 unspecified atom stereocenters. The predicted molar refractivity (Wildman–Crippen MR) is 39.8 cm³/mol. The molecule has 0 bridgehead atoms. The summed E-state index contributed by atoms with van der Waals surface area (Å²) in [5, 5.41) is 6.31. The Kier molecular flexibility index (Phi) is 2.45. The number of methoxy groups -OCH3 is 2. The number of nitrogen functional groups attached to an aromatic ring is 1. The van der Waals surface area contributed by atoms with Crippen molar-refractivity contribution < 1.29 is 9.47 Å². The van der Waals surface area contributed by atoms with Gasteiger partial charge in [0.25, 0.3) is 0 Å². The van der Waals surface area contributed by atoms with E-state index in [4.69, 9.17) is 15.2 Å². The number of nitrogens with zero attached hydrogens (tertiary/aromatic N) is 1. The lowest BCUT2D eigenvalue weighted by atomic mass is 10.3. The second-order valence-electron chi connectivity index (χ2n) is 2.04. The van der Waals surface area contributed by atoms with Gasteiger partial charge in [0.2, 0.25) is 0 Å². The highest BCUT2D eigenvalue weighted by Crippen LogP contribution is 2.20. The molecule has 62 valence electrons. The van der Waals surface area contributed by atoms with Gasteiger partial charge in [-0.1, -0.05) is 0 Å². The largest absolute Gasteiger partial charge is 0.384 e. The Morgan fingerprint density at radius 2 is 2.18 bits per heavy atom. The van der Waals surface area contributed by atoms with E-state index in [2.05, 4.69) is 10.2 Å². The maximum absolute atomic E-state index is 5.51. The Labute approximate surface area is 64.5 Å². The van der Waals surface area contributed by atoms with Gasteiger partial charge in [-0.25, -0.2) is 0 Å². The first-order chi connectivity index (χ1) is 5.29. The summed E-state index contributed by atoms with van der Waals surface area (Å²) >= 11 is 0. The first-order valence-electron chi connectivity index (χ1n) is 3.14. The third-order valence-electron chi connectivity index (χ3n) is 1.38. The van der Waals surface area contributed by atoms with Crippen molar-refractivity contribution in [3.8, 4) is 0 Å². The molecule has 0 aliphatic heterocycles. The quantitative estimate of drug-likeness (QED) is 0.618. The number of aromatic nitrogens is 2. The van der Waals surface area contributed by atoms with E-state index in [0.29, 0.717) is 5.82 Å². The maximum Gasteiger partial charge on any atom is 0.188 e. The molecule has 0 saturated carbocycles. The van der Waals surface area contributed by atoms with Crippen molar-refractivity contribution in [2.45, 2.75) is 6.29 Å². The van der Waals surface area contributed by atoms with Gasteiger partial charge >= 0.3 is 0 Å². The van der Waals surface area contributed by atoms with Crippen molar-refractivity contribution in [2.75, 3.05) is 20.0 Å². The van der Waals surface area contributed by atoms with E-state index in [0.717, 1.165) is 5.56 Å². The minimum Gasteiger partial charge on any atom is -0.384 e. The van der Waals surface area contributed by atoms with Crippen LogP contribution in [-0.2, 0) is 9.47 Å². The molecule has 0 aliphatic carbocycles. The van der Waals surface area contributed by atoms with Crippen LogP contribution in [0.5, 0.6) is 0 Å². The Balaban J connectivity index is 2.81. The molecule has 0 amide bonds. The Hall–Kier alpha value is -1.07. The number of nitrogens with two attached hydrogens (primary N) is 1. The van der Waals surface area contributed by atoms with E-state index in [-0.39, 0.29) is 0 Å². The van der Waals surface area contributed by atoms with Crippen LogP contribution in [0.15, 0.2) is 6.20 Å². The molecule has 5 heteroatoms. The number of H-pyrrole nitrogens is 1. The average Bonchev–Trinajstić information content (AvgIpc) is 2.40. The van der Waals surface area contributed by atoms with Crippen molar-refractivity contribution in [1.29, 1.82) is 0 Å². The third kappa shape index (κ3) is 1.50. The standard InChI is InChI=1S/C6H11N3O2/c1-10-6(11-2)4-3-8-9-5(4)7/h3,6H,1-2H3,(H3,7,8,9). The number of nitrogens with one attached hydrogen (secondary N) is 1. The summed E-state index contributed by atoms with van der Waals surface area (Å²) in [7, 11) is 3.08. The highest BCUT2D eigenvalue weighted by atomic mass is 16.7. The summed E-state index contributed by atoms with van der Waals surface area (Å²) < 4.78 is 9.92. The van der Waals surface area contributed by atoms with Crippen molar-refractivity contribution in [3.05, 3.63) is 11.8 Å². The molecule has 1 rings (SSSR count). The fourth-order valence-electron chi connectivity index (χ4n) is 0.843. The maximum atomic E-state index is 5.51. The van der Waals surface area contributed by atoms with Crippen molar-refractivity contribution >= 4 is 5.82 Å². The topological polar surface area (TPSA) is 73.2 Å². The summed E-state index contributed by atoms with van der Waals surface area (Å²) in [6, 6.07) is 0. The van der Waals surface area contributed by atoms with Crippen LogP contribution >= 0.6 is 0 Å². The molecule has 1 aromatic heterocycles. The first-order valence-corrected chi connectivity index (χ1v) is 3.14. The zero-order valence-electron chi connectivity index (χ0n) is 6.50. The van der Waals surface area contributed by atoms with Crippen molar-refractivity contribution in [2.24, 2.45) is 0 Å². The van der Waals surface area contributed by atoms with Gasteiger partial charge in [0.05, 0.1) is 11.8 Å². The fourth-order valence-corrected chi connectivity index (χ4v) is 0.843. The van der Waals surface area contributed by atoms with Crippen LogP contribution < -0.4 is 5.73 Å². The fraction of sp³-hybridized carbons (Fsp3) is 0.500. The Morgan fingerprint density at radius 1 is 1.55 bits per heavy atom. The van der Waals surface area contributed by atoms with E-state index in [1.165, 1.54) is 0 Å². The number of aromatic amines is 1. The van der Waals surface area contributed by atoms with Crippen LogP contribution in [0.4, 0.5) is 5.82 Å². The number of ether oxygens (including phenoxy) is 2. The molecule has 11 heavy (non-hydrogen) atoms. The van der Waals surface area contributed by atoms with Crippen LogP contribution in [0.3, 0.4) is 0 Å². The SMILES string of the molecule is COC(OC)c1cn[nH]c1N. The van der Waals surface area contributed by atoms with Crippen LogP contribution in [0.1, 0.15) is 11.9 Å². The van der Waals surface area contributed by atoms with E-state index in [1.807, 2.05) is 0 Å². The lowest BCUT2D eigenvalue weighted by molar-refractivity contribution is -0.105. The smallest absolute Gasteiger partial charge is 0.188 e. The molecule has 0 saturated heterocycles. The Bertz CT molecular complexity index is 219. The summed E-state index contributed by atoms with van der Waals surface area (Å²) in [5.41, 5.74) is 6.23. The number of anilines is 1. The van der Waals surface area contributed by atoms with Gasteiger partial charge in [0, 0.05) is 14.2 Å². The second kappa shape index (κ2) is 3.36. The van der Waals surface area contributed by atoms with E-state index in [1.54, 1.807) is 20.4 Å². The van der Waals surface area contributed by atoms with E-state index in [9.17, 15) is 0 Å². The van der Waals surface area contributed by atoms with Gasteiger partial charge in [-0.05, 0) is 0 Å². The third-order valence-corrected chi connectivity index (χ3v) is 1.38. The van der Waals surface area contributed by atoms with Crippen LogP contribution in [0.25, 0.3) is 0 Å². The average molecular weight is 157 g/mol. The summed E-state index contributed by atoms with van der Waals surface area (Å²) in [5.74, 6) is 0.471. The molecule has 5 nitrogen and oxygen atoms in total. The lowest BCUT2D eigenvalue weighted by Gasteiger charge is -2.11. The van der Waals surface area contributed by atoms with Gasteiger partial charge in [0.15, 0.2) is 6.29 Å². The first kappa shape index (κ1) is 8.03. The van der Waals surface area contributed by atoms with Crippen LogP contribution in [0, 0.1) is 0 Å². The van der Waals surface area contributed by atoms with Crippen molar-refractivity contribution in [3.63, 3.8) is 0 Å². The Morgan fingerprint density at radius 3 is 2.55 bits per heavy atom. The molecule has 0 atom stereocenters. The zero-order valence-corrected chi connectivity index (χ0v) is 6.50. The molecule has 0 spiro atoms. The van der Waals surface area contributed by atoms with Crippen molar-refractivity contribution in [1.82, 2.24) is 10.2 Å². The van der Waals surface area contributed by atoms with Crippen LogP contribution in [-0.4, -0.2) is 24.4 Å². The van der Waals surface area contributed by atoms with Gasteiger partial charge in [-0.15, -0.1) is 0 Å². The molecule has 1 aromatic rings. The lowest BCUT2D eigenvalue weighted by Crippen LogP contribution is -2.05. The summed E-state index contributed by atoms with van der Waals surface area (Å²) in [6.07, 6.45) is 1.14. The van der Waals surface area contributed by atoms with Gasteiger partial charge in [-0.2, -0.15) is 5.10 Å². The molecular formula is C6H11N3O2. The minimum absolute atomic E-state index is 0.436. The van der Waals surface area contributed by atoms with Gasteiger partial charge in [0.1, 0.15) is 5.82 Å². The normalized spacial score (nSPS) is 10.8. The highest BCUT2D eigenvalue weighted by Gasteiger charge is 2.13. The van der Waals surface area contributed by atoms with Gasteiger partial charge < -0.3 is 15.2 Å². The predicted octanol–water partition coefficient (Wildman–Crippen LogP) is 0.283. The molecular weight excluding hydrogens is 146 g/mol. The van der Waals surface area contributed by atoms with E-state index < -0.39 is 6.29 Å². The molecule has 3 N–H and O–H groups in total. The molecule has 0 fully saturated rings. The molecule has 0 aromatic carbocycles. The molecule has 1 heterocycles. The number of hydrogen-bond acceptors (Lipinski definition) is 4. The second-order valence-corrected chi connectivity index (χ2v) is 2.04. The summed E-state index contributed by atoms with van der Waals surface area (Å²) in [4.78, 5) is 0. The molecule has 0 aliphatic rings. The van der Waals surface area contributed by atoms with Crippen LogP contribution in [0.2, 0.25) is 0 Å². The number of rotatable bonds is 3. The number of hydrogen-bond donors (Lipinski definition) is 2.